The molecule has 0 bridgehead atoms. The van der Waals surface area contributed by atoms with E-state index in [1.54, 1.807) is 22.8 Å². The van der Waals surface area contributed by atoms with Gasteiger partial charge in [-0.1, -0.05) is 16.9 Å². The first kappa shape index (κ1) is 14.0. The minimum absolute atomic E-state index is 0.0767. The zero-order chi connectivity index (χ0) is 9.94. The summed E-state index contributed by atoms with van der Waals surface area (Å²) in [5.74, 6) is 2.03. The van der Waals surface area contributed by atoms with Crippen LogP contribution < -0.4 is 10.6 Å². The van der Waals surface area contributed by atoms with Crippen LogP contribution in [0, 0.1) is 0 Å². The largest absolute Gasteiger partial charge is 0.354 e. The maximum atomic E-state index is 11.1. The molecule has 0 fully saturated rings. The molecule has 0 spiro atoms. The Labute approximate surface area is 92.2 Å². The lowest BCUT2D eigenvalue weighted by molar-refractivity contribution is -0.120. The fourth-order valence-corrected chi connectivity index (χ4v) is 1.83. The van der Waals surface area contributed by atoms with Crippen molar-refractivity contribution in [2.75, 3.05) is 31.1 Å². The second-order valence-electron chi connectivity index (χ2n) is 2.27. The van der Waals surface area contributed by atoms with Gasteiger partial charge in [-0.3, -0.25) is 4.79 Å². The molecule has 2 atom stereocenters. The molecular formula is C6H16N2OP2S2. The van der Waals surface area contributed by atoms with Crippen molar-refractivity contribution in [1.82, 2.24) is 10.6 Å². The summed E-state index contributed by atoms with van der Waals surface area (Å²) in [7, 11) is 5.14. The second kappa shape index (κ2) is 11.1. The lowest BCUT2D eigenvalue weighted by atomic mass is 10.5. The van der Waals surface area contributed by atoms with Crippen LogP contribution >= 0.6 is 39.6 Å². The summed E-state index contributed by atoms with van der Waals surface area (Å²) in [4.78, 5) is 11.1. The molecule has 0 aromatic heterocycles. The minimum Gasteiger partial charge on any atom is -0.354 e. The molecule has 2 N–H and O–H groups in total. The minimum atomic E-state index is 0.0767. The second-order valence-corrected chi connectivity index (χ2v) is 5.75. The van der Waals surface area contributed by atoms with Gasteiger partial charge in [0.05, 0.1) is 6.54 Å². The molecule has 0 aromatic rings. The van der Waals surface area contributed by atoms with Crippen LogP contribution in [0.3, 0.4) is 0 Å². The van der Waals surface area contributed by atoms with Crippen LogP contribution in [0.15, 0.2) is 0 Å². The van der Waals surface area contributed by atoms with Crippen LogP contribution in [0.4, 0.5) is 0 Å². The quantitative estimate of drug-likeness (QED) is 0.498. The number of rotatable bonds is 8. The van der Waals surface area contributed by atoms with Crippen molar-refractivity contribution in [3.8, 4) is 0 Å². The highest BCUT2D eigenvalue weighted by atomic mass is 32.7. The molecule has 0 aliphatic heterocycles. The van der Waals surface area contributed by atoms with Crippen LogP contribution in [0.2, 0.25) is 0 Å². The van der Waals surface area contributed by atoms with Crippen LogP contribution in [-0.2, 0) is 4.79 Å². The highest BCUT2D eigenvalue weighted by Crippen LogP contribution is 2.07. The van der Waals surface area contributed by atoms with Crippen LogP contribution in [0.1, 0.15) is 0 Å². The zero-order valence-corrected chi connectivity index (χ0v) is 11.4. The molecule has 13 heavy (non-hydrogen) atoms. The first-order valence-electron chi connectivity index (χ1n) is 3.92. The van der Waals surface area contributed by atoms with Gasteiger partial charge in [0, 0.05) is 24.6 Å². The van der Waals surface area contributed by atoms with E-state index in [0.717, 1.165) is 24.6 Å². The van der Waals surface area contributed by atoms with E-state index < -0.39 is 0 Å². The highest BCUT2D eigenvalue weighted by molar-refractivity contribution is 8.44. The maximum Gasteiger partial charge on any atom is 0.233 e. The smallest absolute Gasteiger partial charge is 0.233 e. The monoisotopic (exact) mass is 258 g/mol. The summed E-state index contributed by atoms with van der Waals surface area (Å²) in [6.07, 6.45) is 0. The van der Waals surface area contributed by atoms with Gasteiger partial charge in [0.15, 0.2) is 0 Å². The van der Waals surface area contributed by atoms with Gasteiger partial charge in [0.25, 0.3) is 0 Å². The molecule has 0 saturated heterocycles. The van der Waals surface area contributed by atoms with E-state index in [0.29, 0.717) is 6.54 Å². The molecule has 0 aliphatic rings. The summed E-state index contributed by atoms with van der Waals surface area (Å²) in [5.41, 5.74) is 0. The number of carbonyl (C=O) groups is 1. The standard InChI is InChI=1S/C6H16N2OP2S2/c9-6(8-2-4-13-11)5-7-1-3-12-10/h7H,1-5,10-11H2,(H,8,9). The van der Waals surface area contributed by atoms with Crippen molar-refractivity contribution < 1.29 is 4.79 Å². The molecule has 1 amide bonds. The van der Waals surface area contributed by atoms with Crippen LogP contribution in [0.25, 0.3) is 0 Å². The summed E-state index contributed by atoms with van der Waals surface area (Å²) in [6.45, 7) is 2.04. The number of nitrogens with one attached hydrogen (secondary N) is 2. The molecule has 0 rings (SSSR count). The van der Waals surface area contributed by atoms with Gasteiger partial charge < -0.3 is 10.6 Å². The highest BCUT2D eigenvalue weighted by Gasteiger charge is 1.97. The van der Waals surface area contributed by atoms with Gasteiger partial charge in [-0.25, -0.2) is 0 Å². The van der Waals surface area contributed by atoms with Crippen LogP contribution in [0.5, 0.6) is 0 Å². The Morgan fingerprint density at radius 3 is 2.38 bits per heavy atom. The van der Waals surface area contributed by atoms with Crippen molar-refractivity contribution in [2.45, 2.75) is 0 Å². The third-order valence-corrected chi connectivity index (χ3v) is 3.52. The number of hydrogen-bond donors (Lipinski definition) is 2. The molecule has 0 aliphatic carbocycles. The maximum absolute atomic E-state index is 11.1. The van der Waals surface area contributed by atoms with Gasteiger partial charge in [-0.2, -0.15) is 0 Å². The molecule has 0 saturated carbocycles. The van der Waals surface area contributed by atoms with Gasteiger partial charge in [-0.05, 0) is 0 Å². The first-order valence-corrected chi connectivity index (χ1v) is 8.84. The molecule has 7 heteroatoms. The molecule has 0 radical (unpaired) electrons. The van der Waals surface area contributed by atoms with Gasteiger partial charge in [0.1, 0.15) is 0 Å². The SMILES string of the molecule is O=C(CNCCSP)NCCSP. The third-order valence-electron chi connectivity index (χ3n) is 1.22. The molecular weight excluding hydrogens is 242 g/mol. The lowest BCUT2D eigenvalue weighted by Gasteiger charge is -2.04. The van der Waals surface area contributed by atoms with Crippen LogP contribution in [-0.4, -0.2) is 37.0 Å². The van der Waals surface area contributed by atoms with Crippen molar-refractivity contribution in [2.24, 2.45) is 0 Å². The normalized spacial score (nSPS) is 10.0. The molecule has 2 unspecified atom stereocenters. The summed E-state index contributed by atoms with van der Waals surface area (Å²) >= 11 is 3.34. The topological polar surface area (TPSA) is 41.1 Å². The number of hydrogen-bond acceptors (Lipinski definition) is 4. The van der Waals surface area contributed by atoms with E-state index in [2.05, 4.69) is 27.5 Å². The fraction of sp³-hybridized carbons (Fsp3) is 0.833. The zero-order valence-electron chi connectivity index (χ0n) is 7.41. The molecule has 0 heterocycles. The Morgan fingerprint density at radius 1 is 1.15 bits per heavy atom. The Morgan fingerprint density at radius 2 is 1.77 bits per heavy atom. The summed E-state index contributed by atoms with van der Waals surface area (Å²) in [5, 5.41) is 5.87. The predicted octanol–water partition coefficient (Wildman–Crippen LogP) is 0.739. The molecule has 3 nitrogen and oxygen atoms in total. The van der Waals surface area contributed by atoms with E-state index in [4.69, 9.17) is 0 Å². The van der Waals surface area contributed by atoms with Gasteiger partial charge in [-0.15, -0.1) is 22.8 Å². The number of carbonyl (C=O) groups excluding carboxylic acids is 1. The van der Waals surface area contributed by atoms with Gasteiger partial charge >= 0.3 is 0 Å². The molecule has 0 aromatic carbocycles. The van der Waals surface area contributed by atoms with Gasteiger partial charge in [0.2, 0.25) is 5.91 Å². The van der Waals surface area contributed by atoms with Crippen molar-refractivity contribution in [3.05, 3.63) is 0 Å². The predicted molar refractivity (Wildman–Crippen MR) is 70.2 cm³/mol. The first-order chi connectivity index (χ1) is 6.31. The Bertz CT molecular complexity index is 140. The van der Waals surface area contributed by atoms with E-state index >= 15 is 0 Å². The van der Waals surface area contributed by atoms with E-state index in [1.807, 2.05) is 0 Å². The van der Waals surface area contributed by atoms with Crippen molar-refractivity contribution >= 4 is 45.6 Å². The summed E-state index contributed by atoms with van der Waals surface area (Å²) < 4.78 is 0. The molecule has 78 valence electrons. The summed E-state index contributed by atoms with van der Waals surface area (Å²) in [6, 6.07) is 0. The Hall–Kier alpha value is 0.990. The van der Waals surface area contributed by atoms with Crippen molar-refractivity contribution in [3.63, 3.8) is 0 Å². The van der Waals surface area contributed by atoms with E-state index in [9.17, 15) is 4.79 Å². The van der Waals surface area contributed by atoms with Crippen molar-refractivity contribution in [1.29, 1.82) is 0 Å². The fourth-order valence-electron chi connectivity index (χ4n) is 0.645. The Balaban J connectivity index is 3.11. The van der Waals surface area contributed by atoms with E-state index in [-0.39, 0.29) is 5.91 Å². The number of amides is 1. The van der Waals surface area contributed by atoms with E-state index in [1.165, 1.54) is 0 Å². The Kier molecular flexibility index (Phi) is 11.9. The lowest BCUT2D eigenvalue weighted by Crippen LogP contribution is -2.35. The average molecular weight is 258 g/mol. The third kappa shape index (κ3) is 10.9. The average Bonchev–Trinajstić information content (AvgIpc) is 2.13.